The van der Waals surface area contributed by atoms with Crippen molar-refractivity contribution < 1.29 is 23.5 Å². The molecule has 4 rings (SSSR count). The standard InChI is InChI=1S/C27H40FN3O4/c1-18(15-31-17-27(2,3)22-14-20(28)9-10-24(22)31)29-25(32)23(13-19-7-5-4-6-8-19)30-26(33)35-21-11-12-34-16-21/h9-10,14,18-19,21,23H,4-8,11-13,15-17H2,1-3H3,(H,29,32)(H,30,33)/t18-,21-,23-/m0/s1. The van der Waals surface area contributed by atoms with Crippen molar-refractivity contribution in [3.05, 3.63) is 29.6 Å². The van der Waals surface area contributed by atoms with Gasteiger partial charge in [0.2, 0.25) is 5.91 Å². The Kier molecular flexibility index (Phi) is 8.19. The monoisotopic (exact) mass is 489 g/mol. The molecule has 7 nitrogen and oxygen atoms in total. The second-order valence-corrected chi connectivity index (χ2v) is 11.2. The summed E-state index contributed by atoms with van der Waals surface area (Å²) in [4.78, 5) is 28.1. The molecule has 1 saturated heterocycles. The van der Waals surface area contributed by atoms with E-state index in [0.29, 0.717) is 38.5 Å². The van der Waals surface area contributed by atoms with Gasteiger partial charge in [-0.15, -0.1) is 0 Å². The van der Waals surface area contributed by atoms with Gasteiger partial charge in [0.15, 0.2) is 0 Å². The molecule has 3 aliphatic rings. The second kappa shape index (κ2) is 11.1. The smallest absolute Gasteiger partial charge is 0.408 e. The van der Waals surface area contributed by atoms with Crippen molar-refractivity contribution in [1.29, 1.82) is 0 Å². The molecule has 3 atom stereocenters. The highest BCUT2D eigenvalue weighted by Crippen LogP contribution is 2.40. The van der Waals surface area contributed by atoms with E-state index in [1.165, 1.54) is 25.3 Å². The summed E-state index contributed by atoms with van der Waals surface area (Å²) in [6.07, 6.45) is 6.24. The Morgan fingerprint density at radius 1 is 1.20 bits per heavy atom. The Morgan fingerprint density at radius 2 is 1.97 bits per heavy atom. The highest BCUT2D eigenvalue weighted by atomic mass is 19.1. The number of benzene rings is 1. The van der Waals surface area contributed by atoms with Crippen LogP contribution in [-0.4, -0.2) is 56.5 Å². The molecule has 2 heterocycles. The first-order chi connectivity index (χ1) is 16.7. The normalized spacial score (nSPS) is 23.4. The lowest BCUT2D eigenvalue weighted by Gasteiger charge is -2.29. The Labute approximate surface area is 208 Å². The number of fused-ring (bicyclic) bond motifs is 1. The molecule has 1 aromatic carbocycles. The third-order valence-corrected chi connectivity index (χ3v) is 7.56. The van der Waals surface area contributed by atoms with Gasteiger partial charge in [0.05, 0.1) is 13.2 Å². The number of halogens is 1. The van der Waals surface area contributed by atoms with E-state index in [1.54, 1.807) is 6.07 Å². The molecule has 2 N–H and O–H groups in total. The number of hydrogen-bond acceptors (Lipinski definition) is 5. The average Bonchev–Trinajstić information content (AvgIpc) is 3.39. The SMILES string of the molecule is C[C@@H](CN1CC(C)(C)c2cc(F)ccc21)NC(=O)[C@H](CC1CCCCC1)NC(=O)O[C@H]1CCOC1. The van der Waals surface area contributed by atoms with E-state index in [4.69, 9.17) is 9.47 Å². The van der Waals surface area contributed by atoms with Crippen molar-refractivity contribution in [2.75, 3.05) is 31.2 Å². The first kappa shape index (κ1) is 25.7. The van der Waals surface area contributed by atoms with Crippen LogP contribution in [-0.2, 0) is 19.7 Å². The van der Waals surface area contributed by atoms with E-state index in [-0.39, 0.29) is 29.3 Å². The van der Waals surface area contributed by atoms with Gasteiger partial charge in [0.25, 0.3) is 0 Å². The van der Waals surface area contributed by atoms with E-state index in [9.17, 15) is 14.0 Å². The van der Waals surface area contributed by atoms with Crippen LogP contribution >= 0.6 is 0 Å². The molecule has 2 aliphatic heterocycles. The first-order valence-corrected chi connectivity index (χ1v) is 13.1. The number of ether oxygens (including phenoxy) is 2. The highest BCUT2D eigenvalue weighted by Gasteiger charge is 2.36. The minimum atomic E-state index is -0.633. The van der Waals surface area contributed by atoms with Crippen LogP contribution in [0.1, 0.15) is 71.3 Å². The molecular weight excluding hydrogens is 449 g/mol. The van der Waals surface area contributed by atoms with E-state index >= 15 is 0 Å². The predicted octanol–water partition coefficient (Wildman–Crippen LogP) is 4.28. The van der Waals surface area contributed by atoms with Gasteiger partial charge >= 0.3 is 6.09 Å². The molecule has 8 heteroatoms. The third-order valence-electron chi connectivity index (χ3n) is 7.56. The van der Waals surface area contributed by atoms with Crippen LogP contribution in [0.25, 0.3) is 0 Å². The minimum Gasteiger partial charge on any atom is -0.444 e. The lowest BCUT2D eigenvalue weighted by molar-refractivity contribution is -0.124. The van der Waals surface area contributed by atoms with Gasteiger partial charge in [-0.25, -0.2) is 9.18 Å². The van der Waals surface area contributed by atoms with Gasteiger partial charge in [-0.2, -0.15) is 0 Å². The van der Waals surface area contributed by atoms with E-state index in [1.807, 2.05) is 13.0 Å². The fourth-order valence-corrected chi connectivity index (χ4v) is 5.78. The number of carbonyl (C=O) groups excluding carboxylic acids is 2. The molecule has 2 fully saturated rings. The molecule has 1 aliphatic carbocycles. The fraction of sp³-hybridized carbons (Fsp3) is 0.704. The Balaban J connectivity index is 1.37. The van der Waals surface area contributed by atoms with Crippen LogP contribution in [0.15, 0.2) is 18.2 Å². The van der Waals surface area contributed by atoms with Gasteiger partial charge in [-0.1, -0.05) is 46.0 Å². The van der Waals surface area contributed by atoms with Crippen molar-refractivity contribution in [3.8, 4) is 0 Å². The van der Waals surface area contributed by atoms with Gasteiger partial charge in [-0.3, -0.25) is 4.79 Å². The Bertz CT molecular complexity index is 896. The number of carbonyl (C=O) groups is 2. The molecule has 35 heavy (non-hydrogen) atoms. The fourth-order valence-electron chi connectivity index (χ4n) is 5.78. The third kappa shape index (κ3) is 6.66. The molecular formula is C27H40FN3O4. The average molecular weight is 490 g/mol. The summed E-state index contributed by atoms with van der Waals surface area (Å²) < 4.78 is 24.6. The molecule has 0 aromatic heterocycles. The molecule has 0 spiro atoms. The van der Waals surface area contributed by atoms with Crippen molar-refractivity contribution in [3.63, 3.8) is 0 Å². The van der Waals surface area contributed by atoms with Crippen LogP contribution < -0.4 is 15.5 Å². The minimum absolute atomic E-state index is 0.149. The van der Waals surface area contributed by atoms with Crippen LogP contribution in [0.4, 0.5) is 14.9 Å². The molecule has 2 amide bonds. The summed E-state index contributed by atoms with van der Waals surface area (Å²) in [5, 5.41) is 5.96. The lowest BCUT2D eigenvalue weighted by Crippen LogP contribution is -2.52. The van der Waals surface area contributed by atoms with Crippen molar-refractivity contribution in [1.82, 2.24) is 10.6 Å². The summed E-state index contributed by atoms with van der Waals surface area (Å²) in [6.45, 7) is 8.54. The largest absolute Gasteiger partial charge is 0.444 e. The maximum absolute atomic E-state index is 13.9. The van der Waals surface area contributed by atoms with E-state index in [0.717, 1.165) is 30.6 Å². The topological polar surface area (TPSA) is 79.9 Å². The number of amides is 2. The molecule has 1 saturated carbocycles. The van der Waals surface area contributed by atoms with Crippen molar-refractivity contribution in [2.45, 2.75) is 89.3 Å². The first-order valence-electron chi connectivity index (χ1n) is 13.1. The maximum Gasteiger partial charge on any atom is 0.408 e. The second-order valence-electron chi connectivity index (χ2n) is 11.2. The number of rotatable bonds is 8. The zero-order valence-electron chi connectivity index (χ0n) is 21.3. The molecule has 194 valence electrons. The summed E-state index contributed by atoms with van der Waals surface area (Å²) in [6, 6.07) is 4.14. The number of hydrogen-bond donors (Lipinski definition) is 2. The van der Waals surface area contributed by atoms with Crippen molar-refractivity contribution in [2.24, 2.45) is 5.92 Å². The zero-order chi connectivity index (χ0) is 25.0. The van der Waals surface area contributed by atoms with Crippen LogP contribution in [0, 0.1) is 11.7 Å². The molecule has 0 radical (unpaired) electrons. The maximum atomic E-state index is 13.9. The van der Waals surface area contributed by atoms with Gasteiger partial charge in [0, 0.05) is 36.7 Å². The Morgan fingerprint density at radius 3 is 2.69 bits per heavy atom. The number of alkyl carbamates (subject to hydrolysis) is 1. The van der Waals surface area contributed by atoms with Crippen LogP contribution in [0.5, 0.6) is 0 Å². The van der Waals surface area contributed by atoms with Crippen molar-refractivity contribution >= 4 is 17.7 Å². The Hall–Kier alpha value is -2.35. The predicted molar refractivity (Wildman–Crippen MR) is 133 cm³/mol. The zero-order valence-corrected chi connectivity index (χ0v) is 21.3. The molecule has 0 unspecified atom stereocenters. The molecule has 1 aromatic rings. The van der Waals surface area contributed by atoms with Crippen LogP contribution in [0.3, 0.4) is 0 Å². The quantitative estimate of drug-likeness (QED) is 0.570. The summed E-state index contributed by atoms with van der Waals surface area (Å²) in [5.41, 5.74) is 1.84. The van der Waals surface area contributed by atoms with Gasteiger partial charge < -0.3 is 25.0 Å². The lowest BCUT2D eigenvalue weighted by atomic mass is 9.84. The van der Waals surface area contributed by atoms with E-state index in [2.05, 4.69) is 29.4 Å². The summed E-state index contributed by atoms with van der Waals surface area (Å²) >= 11 is 0. The number of nitrogens with one attached hydrogen (secondary N) is 2. The number of nitrogens with zero attached hydrogens (tertiary/aromatic N) is 1. The summed E-state index contributed by atoms with van der Waals surface area (Å²) in [7, 11) is 0. The number of anilines is 1. The molecule has 0 bridgehead atoms. The van der Waals surface area contributed by atoms with Gasteiger partial charge in [-0.05, 0) is 43.0 Å². The van der Waals surface area contributed by atoms with E-state index < -0.39 is 12.1 Å². The summed E-state index contributed by atoms with van der Waals surface area (Å²) in [5.74, 6) is 0.0132. The highest BCUT2D eigenvalue weighted by molar-refractivity contribution is 5.86. The van der Waals surface area contributed by atoms with Gasteiger partial charge in [0.1, 0.15) is 18.0 Å². The van der Waals surface area contributed by atoms with Crippen LogP contribution in [0.2, 0.25) is 0 Å².